The Morgan fingerprint density at radius 2 is 1.59 bits per heavy atom. The average Bonchev–Trinajstić information content (AvgIpc) is 2.76. The average molecular weight is 478 g/mol. The summed E-state index contributed by atoms with van der Waals surface area (Å²) in [6, 6.07) is 5.13. The molecule has 1 saturated heterocycles. The van der Waals surface area contributed by atoms with E-state index in [1.165, 1.54) is 6.07 Å². The number of aliphatic hydroxyl groups is 3. The number of hydrogen-bond acceptors (Lipinski definition) is 12. The highest BCUT2D eigenvalue weighted by Gasteiger charge is 2.48. The van der Waals surface area contributed by atoms with Gasteiger partial charge in [0.05, 0.1) is 0 Å². The number of carboxylic acids is 1. The first-order valence-corrected chi connectivity index (χ1v) is 9.64. The van der Waals surface area contributed by atoms with Crippen LogP contribution in [0.15, 0.2) is 39.5 Å². The van der Waals surface area contributed by atoms with Crippen LogP contribution in [-0.2, 0) is 9.53 Å². The Labute approximate surface area is 188 Å². The maximum absolute atomic E-state index is 13.2. The van der Waals surface area contributed by atoms with E-state index in [2.05, 4.69) is 0 Å². The third kappa shape index (κ3) is 3.82. The molecule has 1 aromatic heterocycles. The van der Waals surface area contributed by atoms with E-state index in [0.717, 1.165) is 24.3 Å². The number of phenols is 4. The van der Waals surface area contributed by atoms with Crippen molar-refractivity contribution in [3.63, 3.8) is 0 Å². The van der Waals surface area contributed by atoms with Crippen molar-refractivity contribution in [3.05, 3.63) is 40.6 Å². The maximum Gasteiger partial charge on any atom is 0.335 e. The summed E-state index contributed by atoms with van der Waals surface area (Å²) in [6.45, 7) is 0. The van der Waals surface area contributed by atoms with Gasteiger partial charge in [-0.2, -0.15) is 0 Å². The van der Waals surface area contributed by atoms with E-state index < -0.39 is 82.0 Å². The Kier molecular flexibility index (Phi) is 5.70. The Bertz CT molecular complexity index is 1330. The smallest absolute Gasteiger partial charge is 0.335 e. The minimum absolute atomic E-state index is 0.0483. The van der Waals surface area contributed by atoms with Gasteiger partial charge in [-0.05, 0) is 18.2 Å². The topological polar surface area (TPSA) is 228 Å². The van der Waals surface area contributed by atoms with E-state index in [1.807, 2.05) is 0 Å². The van der Waals surface area contributed by atoms with Crippen LogP contribution in [0.4, 0.5) is 0 Å². The molecule has 0 bridgehead atoms. The molecule has 2 heterocycles. The predicted octanol–water partition coefficient (Wildman–Crippen LogP) is -0.447. The zero-order valence-corrected chi connectivity index (χ0v) is 16.9. The highest BCUT2D eigenvalue weighted by atomic mass is 16.7. The van der Waals surface area contributed by atoms with Crippen LogP contribution in [0.1, 0.15) is 0 Å². The number of rotatable bonds is 4. The van der Waals surface area contributed by atoms with E-state index >= 15 is 0 Å². The van der Waals surface area contributed by atoms with Gasteiger partial charge in [0.1, 0.15) is 40.8 Å². The molecule has 0 amide bonds. The normalized spacial score (nSPS) is 24.7. The van der Waals surface area contributed by atoms with Crippen molar-refractivity contribution >= 4 is 16.9 Å². The van der Waals surface area contributed by atoms with Crippen molar-refractivity contribution < 1.29 is 59.5 Å². The van der Waals surface area contributed by atoms with Gasteiger partial charge in [-0.25, -0.2) is 4.79 Å². The second-order valence-electron chi connectivity index (χ2n) is 7.48. The zero-order chi connectivity index (χ0) is 24.9. The summed E-state index contributed by atoms with van der Waals surface area (Å²) in [5, 5.41) is 78.3. The number of carbonyl (C=O) groups is 1. The van der Waals surface area contributed by atoms with Gasteiger partial charge in [0.2, 0.25) is 17.5 Å². The zero-order valence-electron chi connectivity index (χ0n) is 16.9. The molecule has 1 fully saturated rings. The van der Waals surface area contributed by atoms with Gasteiger partial charge >= 0.3 is 5.97 Å². The predicted molar refractivity (Wildman–Crippen MR) is 110 cm³/mol. The third-order valence-corrected chi connectivity index (χ3v) is 5.20. The Morgan fingerprint density at radius 3 is 2.24 bits per heavy atom. The number of benzene rings is 2. The molecule has 0 spiro atoms. The van der Waals surface area contributed by atoms with Gasteiger partial charge < -0.3 is 54.7 Å². The van der Waals surface area contributed by atoms with Gasteiger partial charge in [-0.3, -0.25) is 4.79 Å². The Morgan fingerprint density at radius 1 is 0.882 bits per heavy atom. The quantitative estimate of drug-likeness (QED) is 0.223. The second kappa shape index (κ2) is 8.39. The SMILES string of the molecule is O=C(O)[C@H]1O[C@@H](Oc2c(-c3ccc(O)c(O)c3)oc3cc(O)cc(O)c3c2=O)[C@H](O)[C@H](O)[C@H]1O. The van der Waals surface area contributed by atoms with Crippen LogP contribution >= 0.6 is 0 Å². The molecular formula is C21H18O13. The number of carboxylic acid groups (broad SMARTS) is 1. The lowest BCUT2D eigenvalue weighted by Crippen LogP contribution is -2.61. The van der Waals surface area contributed by atoms with Gasteiger partial charge in [-0.15, -0.1) is 0 Å². The lowest BCUT2D eigenvalue weighted by atomic mass is 9.99. The lowest BCUT2D eigenvalue weighted by molar-refractivity contribution is -0.271. The molecule has 0 saturated carbocycles. The van der Waals surface area contributed by atoms with Crippen molar-refractivity contribution in [3.8, 4) is 40.1 Å². The Balaban J connectivity index is 1.91. The molecule has 4 rings (SSSR count). The van der Waals surface area contributed by atoms with Gasteiger partial charge in [-0.1, -0.05) is 0 Å². The fourth-order valence-electron chi connectivity index (χ4n) is 3.50. The minimum atomic E-state index is -2.03. The number of ether oxygens (including phenoxy) is 2. The molecule has 2 aromatic carbocycles. The molecule has 0 radical (unpaired) electrons. The number of aliphatic carboxylic acids is 1. The summed E-state index contributed by atoms with van der Waals surface area (Å²) in [5.41, 5.74) is -1.40. The molecule has 1 aliphatic heterocycles. The van der Waals surface area contributed by atoms with E-state index in [-0.39, 0.29) is 11.1 Å². The van der Waals surface area contributed by atoms with Crippen molar-refractivity contribution in [2.75, 3.05) is 0 Å². The van der Waals surface area contributed by atoms with Crippen LogP contribution in [0.25, 0.3) is 22.3 Å². The molecule has 34 heavy (non-hydrogen) atoms. The fraction of sp³-hybridized carbons (Fsp3) is 0.238. The van der Waals surface area contributed by atoms with Crippen LogP contribution in [0.3, 0.4) is 0 Å². The largest absolute Gasteiger partial charge is 0.508 e. The Hall–Kier alpha value is -4.04. The van der Waals surface area contributed by atoms with Crippen LogP contribution in [0, 0.1) is 0 Å². The summed E-state index contributed by atoms with van der Waals surface area (Å²) in [5.74, 6) is -5.11. The number of fused-ring (bicyclic) bond motifs is 1. The van der Waals surface area contributed by atoms with Crippen LogP contribution in [-0.4, -0.2) is 77.5 Å². The van der Waals surface area contributed by atoms with Crippen LogP contribution in [0.2, 0.25) is 0 Å². The highest BCUT2D eigenvalue weighted by Crippen LogP contribution is 2.39. The van der Waals surface area contributed by atoms with Gasteiger partial charge in [0.15, 0.2) is 23.4 Å². The molecule has 8 N–H and O–H groups in total. The molecule has 13 heteroatoms. The summed E-state index contributed by atoms with van der Waals surface area (Å²) in [6.07, 6.45) is -10.1. The summed E-state index contributed by atoms with van der Waals surface area (Å²) < 4.78 is 16.1. The molecule has 1 aliphatic rings. The molecule has 0 aliphatic carbocycles. The second-order valence-corrected chi connectivity index (χ2v) is 7.48. The van der Waals surface area contributed by atoms with Crippen molar-refractivity contribution in [2.24, 2.45) is 0 Å². The van der Waals surface area contributed by atoms with Crippen LogP contribution < -0.4 is 10.2 Å². The number of phenolic OH excluding ortho intramolecular Hbond substituents is 4. The monoisotopic (exact) mass is 478 g/mol. The molecule has 5 atom stereocenters. The highest BCUT2D eigenvalue weighted by molar-refractivity contribution is 5.88. The molecule has 0 unspecified atom stereocenters. The first-order chi connectivity index (χ1) is 16.0. The van der Waals surface area contributed by atoms with Crippen molar-refractivity contribution in [1.82, 2.24) is 0 Å². The number of aliphatic hydroxyl groups excluding tert-OH is 3. The molecule has 13 nitrogen and oxygen atoms in total. The fourth-order valence-corrected chi connectivity index (χ4v) is 3.50. The molecule has 3 aromatic rings. The minimum Gasteiger partial charge on any atom is -0.508 e. The summed E-state index contributed by atoms with van der Waals surface area (Å²) >= 11 is 0. The number of aromatic hydroxyl groups is 4. The first kappa shape index (κ1) is 23.1. The van der Waals surface area contributed by atoms with Gasteiger partial charge in [0.25, 0.3) is 0 Å². The molecule has 180 valence electrons. The number of hydrogen-bond donors (Lipinski definition) is 8. The standard InChI is InChI=1S/C21H18O13/c22-7-4-10(25)12-11(5-7)32-17(6-1-2-8(23)9(24)3-6)18(13(12)26)33-21-16(29)14(27)15(28)19(34-21)20(30)31/h1-5,14-16,19,21-25,27-29H,(H,30,31)/t14-,15-,16-,19+,21-/m1/s1. The lowest BCUT2D eigenvalue weighted by Gasteiger charge is -2.38. The van der Waals surface area contributed by atoms with Crippen LogP contribution in [0.5, 0.6) is 28.7 Å². The maximum atomic E-state index is 13.2. The summed E-state index contributed by atoms with van der Waals surface area (Å²) in [7, 11) is 0. The van der Waals surface area contributed by atoms with E-state index in [4.69, 9.17) is 13.9 Å². The third-order valence-electron chi connectivity index (χ3n) is 5.20. The van der Waals surface area contributed by atoms with Crippen molar-refractivity contribution in [1.29, 1.82) is 0 Å². The van der Waals surface area contributed by atoms with E-state index in [0.29, 0.717) is 0 Å². The molecular weight excluding hydrogens is 460 g/mol. The summed E-state index contributed by atoms with van der Waals surface area (Å²) in [4.78, 5) is 24.6. The first-order valence-electron chi connectivity index (χ1n) is 9.64. The van der Waals surface area contributed by atoms with Crippen molar-refractivity contribution in [2.45, 2.75) is 30.7 Å². The van der Waals surface area contributed by atoms with E-state index in [9.17, 15) is 50.4 Å². The van der Waals surface area contributed by atoms with Gasteiger partial charge in [0, 0.05) is 17.7 Å². The van der Waals surface area contributed by atoms with E-state index in [1.54, 1.807) is 0 Å².